The van der Waals surface area contributed by atoms with E-state index in [2.05, 4.69) is 15.6 Å². The van der Waals surface area contributed by atoms with Gasteiger partial charge in [-0.05, 0) is 17.5 Å². The van der Waals surface area contributed by atoms with Crippen molar-refractivity contribution in [3.8, 4) is 0 Å². The Morgan fingerprint density at radius 2 is 1.81 bits per heavy atom. The zero-order chi connectivity index (χ0) is 22.9. The number of aliphatic imine (C=N–C) groups is 1. The SMILES string of the molecule is COC(=O)[C@H]1CN[C@H](C(=O)NCc2ccc(C(N)=NC(=O)OCc3ccccc3)cc2)C1. The molecule has 9 nitrogen and oxygen atoms in total. The number of benzene rings is 2. The van der Waals surface area contributed by atoms with Crippen molar-refractivity contribution < 1.29 is 23.9 Å². The summed E-state index contributed by atoms with van der Waals surface area (Å²) in [6, 6.07) is 15.8. The van der Waals surface area contributed by atoms with E-state index in [0.29, 0.717) is 25.1 Å². The van der Waals surface area contributed by atoms with Crippen LogP contribution >= 0.6 is 0 Å². The highest BCUT2D eigenvalue weighted by molar-refractivity contribution is 6.02. The lowest BCUT2D eigenvalue weighted by molar-refractivity contribution is -0.144. The molecule has 1 aliphatic rings. The second kappa shape index (κ2) is 11.1. The Kier molecular flexibility index (Phi) is 7.93. The van der Waals surface area contributed by atoms with Gasteiger partial charge in [0.25, 0.3) is 0 Å². The zero-order valence-electron chi connectivity index (χ0n) is 17.7. The van der Waals surface area contributed by atoms with Crippen LogP contribution in [0.15, 0.2) is 59.6 Å². The third kappa shape index (κ3) is 6.39. The molecule has 0 aromatic heterocycles. The number of rotatable bonds is 7. The van der Waals surface area contributed by atoms with Gasteiger partial charge >= 0.3 is 12.1 Å². The van der Waals surface area contributed by atoms with E-state index in [1.807, 2.05) is 30.3 Å². The highest BCUT2D eigenvalue weighted by Crippen LogP contribution is 2.15. The summed E-state index contributed by atoms with van der Waals surface area (Å²) in [5.74, 6) is -0.756. The Morgan fingerprint density at radius 3 is 2.50 bits per heavy atom. The van der Waals surface area contributed by atoms with Crippen molar-refractivity contribution in [1.29, 1.82) is 0 Å². The van der Waals surface area contributed by atoms with Gasteiger partial charge in [0.15, 0.2) is 0 Å². The maximum atomic E-state index is 12.3. The number of nitrogens with one attached hydrogen (secondary N) is 2. The topological polar surface area (TPSA) is 132 Å². The molecular formula is C23H26N4O5. The molecule has 2 amide bonds. The molecule has 1 heterocycles. The third-order valence-corrected chi connectivity index (χ3v) is 5.12. The van der Waals surface area contributed by atoms with E-state index in [-0.39, 0.29) is 30.2 Å². The fraction of sp³-hybridized carbons (Fsp3) is 0.304. The smallest absolute Gasteiger partial charge is 0.435 e. The van der Waals surface area contributed by atoms with Gasteiger partial charge in [0, 0.05) is 18.7 Å². The number of carbonyl (C=O) groups is 3. The normalized spacial score (nSPS) is 18.1. The first-order valence-corrected chi connectivity index (χ1v) is 10.2. The van der Waals surface area contributed by atoms with E-state index >= 15 is 0 Å². The maximum Gasteiger partial charge on any atom is 0.435 e. The lowest BCUT2D eigenvalue weighted by atomic mass is 10.1. The molecule has 2 aromatic rings. The van der Waals surface area contributed by atoms with Gasteiger partial charge in [-0.25, -0.2) is 4.79 Å². The minimum atomic E-state index is -0.767. The highest BCUT2D eigenvalue weighted by atomic mass is 16.5. The third-order valence-electron chi connectivity index (χ3n) is 5.12. The van der Waals surface area contributed by atoms with Gasteiger partial charge in [-0.3, -0.25) is 9.59 Å². The summed E-state index contributed by atoms with van der Waals surface area (Å²) < 4.78 is 9.82. The van der Waals surface area contributed by atoms with Crippen LogP contribution in [0.3, 0.4) is 0 Å². The lowest BCUT2D eigenvalue weighted by Crippen LogP contribution is -2.40. The molecule has 0 bridgehead atoms. The largest absolute Gasteiger partial charge is 0.469 e. The second-order valence-corrected chi connectivity index (χ2v) is 7.37. The summed E-state index contributed by atoms with van der Waals surface area (Å²) >= 11 is 0. The number of carbonyl (C=O) groups excluding carboxylic acids is 3. The van der Waals surface area contributed by atoms with Crippen LogP contribution < -0.4 is 16.4 Å². The summed E-state index contributed by atoms with van der Waals surface area (Å²) in [6.45, 7) is 0.855. The first kappa shape index (κ1) is 23.0. The van der Waals surface area contributed by atoms with E-state index in [4.69, 9.17) is 15.2 Å². The van der Waals surface area contributed by atoms with E-state index in [1.165, 1.54) is 7.11 Å². The van der Waals surface area contributed by atoms with Gasteiger partial charge in [0.2, 0.25) is 5.91 Å². The molecule has 32 heavy (non-hydrogen) atoms. The quantitative estimate of drug-likeness (QED) is 0.339. The predicted molar refractivity (Wildman–Crippen MR) is 118 cm³/mol. The number of nitrogens with two attached hydrogens (primary N) is 1. The van der Waals surface area contributed by atoms with E-state index in [9.17, 15) is 14.4 Å². The Hall–Kier alpha value is -3.72. The molecule has 9 heteroatoms. The van der Waals surface area contributed by atoms with Crippen molar-refractivity contribution in [3.05, 3.63) is 71.3 Å². The molecule has 1 aliphatic heterocycles. The first-order chi connectivity index (χ1) is 15.5. The average molecular weight is 438 g/mol. The minimum absolute atomic E-state index is 0.0441. The van der Waals surface area contributed by atoms with Crippen molar-refractivity contribution in [2.24, 2.45) is 16.6 Å². The summed E-state index contributed by atoms with van der Waals surface area (Å²) in [5, 5.41) is 5.87. The Balaban J connectivity index is 1.46. The molecule has 2 atom stereocenters. The molecule has 2 aromatic carbocycles. The van der Waals surface area contributed by atoms with Crippen LogP contribution in [-0.4, -0.2) is 43.5 Å². The number of hydrogen-bond acceptors (Lipinski definition) is 6. The average Bonchev–Trinajstić information content (AvgIpc) is 3.32. The van der Waals surface area contributed by atoms with Crippen molar-refractivity contribution in [1.82, 2.24) is 10.6 Å². The molecule has 0 saturated carbocycles. The predicted octanol–water partition coefficient (Wildman–Crippen LogP) is 1.50. The molecule has 1 fully saturated rings. The van der Waals surface area contributed by atoms with Crippen LogP contribution in [0, 0.1) is 5.92 Å². The molecule has 4 N–H and O–H groups in total. The van der Waals surface area contributed by atoms with Gasteiger partial charge in [-0.1, -0.05) is 54.6 Å². The van der Waals surface area contributed by atoms with E-state index in [0.717, 1.165) is 11.1 Å². The van der Waals surface area contributed by atoms with Crippen LogP contribution in [0.4, 0.5) is 4.79 Å². The van der Waals surface area contributed by atoms with Crippen LogP contribution in [0.1, 0.15) is 23.1 Å². The Bertz CT molecular complexity index is 976. The van der Waals surface area contributed by atoms with Gasteiger partial charge < -0.3 is 25.8 Å². The zero-order valence-corrected chi connectivity index (χ0v) is 17.7. The molecule has 0 spiro atoms. The van der Waals surface area contributed by atoms with Gasteiger partial charge in [0.05, 0.1) is 19.1 Å². The number of amides is 2. The van der Waals surface area contributed by atoms with Crippen LogP contribution in [0.5, 0.6) is 0 Å². The molecule has 1 saturated heterocycles. The van der Waals surface area contributed by atoms with Gasteiger partial charge in [-0.15, -0.1) is 0 Å². The van der Waals surface area contributed by atoms with E-state index < -0.39 is 12.1 Å². The first-order valence-electron chi connectivity index (χ1n) is 10.2. The van der Waals surface area contributed by atoms with Gasteiger partial charge in [0.1, 0.15) is 12.4 Å². The monoisotopic (exact) mass is 438 g/mol. The number of methoxy groups -OCH3 is 1. The number of esters is 1. The molecule has 168 valence electrons. The minimum Gasteiger partial charge on any atom is -0.469 e. The summed E-state index contributed by atoms with van der Waals surface area (Å²) in [5.41, 5.74) is 8.17. The lowest BCUT2D eigenvalue weighted by Gasteiger charge is -2.11. The van der Waals surface area contributed by atoms with Crippen LogP contribution in [-0.2, 0) is 32.2 Å². The van der Waals surface area contributed by atoms with Crippen molar-refractivity contribution in [3.63, 3.8) is 0 Å². The van der Waals surface area contributed by atoms with Crippen molar-refractivity contribution in [2.45, 2.75) is 25.6 Å². The fourth-order valence-electron chi connectivity index (χ4n) is 3.30. The number of ether oxygens (including phenoxy) is 2. The molecule has 0 aliphatic carbocycles. The molecule has 3 rings (SSSR count). The summed E-state index contributed by atoms with van der Waals surface area (Å²) in [7, 11) is 1.34. The molecule has 0 radical (unpaired) electrons. The highest BCUT2D eigenvalue weighted by Gasteiger charge is 2.33. The fourth-order valence-corrected chi connectivity index (χ4v) is 3.30. The molecule has 0 unspecified atom stereocenters. The second-order valence-electron chi connectivity index (χ2n) is 7.37. The summed E-state index contributed by atoms with van der Waals surface area (Å²) in [4.78, 5) is 39.5. The van der Waals surface area contributed by atoms with Crippen LogP contribution in [0.2, 0.25) is 0 Å². The summed E-state index contributed by atoms with van der Waals surface area (Å²) in [6.07, 6.45) is -0.359. The van der Waals surface area contributed by atoms with Crippen molar-refractivity contribution >= 4 is 23.8 Å². The van der Waals surface area contributed by atoms with Gasteiger partial charge in [-0.2, -0.15) is 4.99 Å². The maximum absolute atomic E-state index is 12.3. The number of hydrogen-bond donors (Lipinski definition) is 3. The number of amidine groups is 1. The van der Waals surface area contributed by atoms with E-state index in [1.54, 1.807) is 24.3 Å². The van der Waals surface area contributed by atoms with Crippen LogP contribution in [0.25, 0.3) is 0 Å². The Labute approximate surface area is 186 Å². The van der Waals surface area contributed by atoms with Crippen molar-refractivity contribution in [2.75, 3.05) is 13.7 Å². The number of nitrogens with zero attached hydrogens (tertiary/aromatic N) is 1. The molecular weight excluding hydrogens is 412 g/mol. The Morgan fingerprint density at radius 1 is 1.09 bits per heavy atom. The standard InChI is InChI=1S/C23H26N4O5/c1-31-22(29)18-11-19(25-13-18)21(28)26-12-15-7-9-17(10-8-15)20(24)27-23(30)32-14-16-5-3-2-4-6-16/h2-10,18-19,25H,11-14H2,1H3,(H,26,28)(H2,24,27,30)/t18-,19+/m1/s1.